The molecule has 6 heteroatoms. The molecule has 2 aromatic heterocycles. The molecule has 0 aromatic carbocycles. The maximum absolute atomic E-state index is 2.29. The fourth-order valence-corrected chi connectivity index (χ4v) is 3.45. The molecule has 0 N–H and O–H groups in total. The third-order valence-corrected chi connectivity index (χ3v) is 4.98. The molecule has 0 radical (unpaired) electrons. The number of hydrogen-bond acceptors (Lipinski definition) is 0. The number of hydrogen-bond donors (Lipinski definition) is 0. The lowest BCUT2D eigenvalue weighted by molar-refractivity contribution is -0.697. The summed E-state index contributed by atoms with van der Waals surface area (Å²) in [4.78, 5) is 0. The summed E-state index contributed by atoms with van der Waals surface area (Å²) in [6.45, 7) is 2.34. The molecule has 0 saturated carbocycles. The Hall–Kier alpha value is -0.120. The highest BCUT2D eigenvalue weighted by Crippen LogP contribution is 2.11. The lowest BCUT2D eigenvalue weighted by Crippen LogP contribution is -3.00. The maximum atomic E-state index is 2.29. The highest BCUT2D eigenvalue weighted by Gasteiger charge is 2.00. The Kier molecular flexibility index (Phi) is 16.7. The van der Waals surface area contributed by atoms with Crippen molar-refractivity contribution in [3.63, 3.8) is 0 Å². The molecule has 0 spiro atoms. The highest BCUT2D eigenvalue weighted by atomic mass is 127. The van der Waals surface area contributed by atoms with Crippen LogP contribution in [0.1, 0.15) is 70.6 Å². The molecule has 0 amide bonds. The summed E-state index contributed by atoms with van der Waals surface area (Å²) >= 11 is 0. The Balaban J connectivity index is 0.00000338. The van der Waals surface area contributed by atoms with Crippen molar-refractivity contribution >= 4 is 0 Å². The van der Waals surface area contributed by atoms with Crippen LogP contribution in [0.15, 0.2) is 37.4 Å². The minimum Gasteiger partial charge on any atom is -1.00 e. The molecule has 0 bridgehead atoms. The molecule has 0 fully saturated rings. The van der Waals surface area contributed by atoms with Crippen LogP contribution in [0.5, 0.6) is 0 Å². The van der Waals surface area contributed by atoms with E-state index in [9.17, 15) is 0 Å². The van der Waals surface area contributed by atoms with E-state index in [2.05, 4.69) is 69.8 Å². The van der Waals surface area contributed by atoms with Crippen molar-refractivity contribution in [1.29, 1.82) is 0 Å². The Morgan fingerprint density at radius 1 is 0.519 bits per heavy atom. The Bertz CT molecular complexity index is 530. The first-order valence-corrected chi connectivity index (χ1v) is 10.3. The van der Waals surface area contributed by atoms with Crippen LogP contribution >= 0.6 is 0 Å². The fraction of sp³-hybridized carbons (Fsp3) is 0.714. The second-order valence-corrected chi connectivity index (χ2v) is 7.52. The molecular weight excluding hydrogens is 562 g/mol. The van der Waals surface area contributed by atoms with Gasteiger partial charge in [0.1, 0.15) is 24.8 Å². The van der Waals surface area contributed by atoms with Crippen molar-refractivity contribution < 1.29 is 57.1 Å². The lowest BCUT2D eigenvalue weighted by atomic mass is 10.1. The zero-order valence-corrected chi connectivity index (χ0v) is 21.5. The zero-order valence-electron chi connectivity index (χ0n) is 17.2. The van der Waals surface area contributed by atoms with Crippen molar-refractivity contribution in [3.8, 4) is 0 Å². The minimum absolute atomic E-state index is 0. The quantitative estimate of drug-likeness (QED) is 0.135. The van der Waals surface area contributed by atoms with Gasteiger partial charge in [-0.2, -0.15) is 0 Å². The van der Waals surface area contributed by atoms with Gasteiger partial charge in [0.15, 0.2) is 0 Å². The molecule has 2 heterocycles. The molecule has 0 aliphatic carbocycles. The second kappa shape index (κ2) is 16.8. The average molecular weight is 600 g/mol. The van der Waals surface area contributed by atoms with Crippen molar-refractivity contribution in [1.82, 2.24) is 9.13 Å². The van der Waals surface area contributed by atoms with Crippen LogP contribution in [0.25, 0.3) is 0 Å². The van der Waals surface area contributed by atoms with Crippen molar-refractivity contribution in [2.45, 2.75) is 83.7 Å². The molecule has 2 aromatic rings. The van der Waals surface area contributed by atoms with Crippen molar-refractivity contribution in [3.05, 3.63) is 37.4 Å². The summed E-state index contributed by atoms with van der Waals surface area (Å²) in [5.41, 5.74) is 0. The van der Waals surface area contributed by atoms with Crippen LogP contribution in [0.4, 0.5) is 0 Å². The van der Waals surface area contributed by atoms with E-state index in [1.165, 1.54) is 83.7 Å². The number of imidazole rings is 2. The van der Waals surface area contributed by atoms with Gasteiger partial charge in [-0.05, 0) is 25.7 Å². The largest absolute Gasteiger partial charge is 1.00 e. The number of aryl methyl sites for hydroxylation is 4. The van der Waals surface area contributed by atoms with Crippen molar-refractivity contribution in [2.24, 2.45) is 14.1 Å². The standard InChI is InChI=1S/C21H38N4.2HI/c1-22-16-18-24(20-22)14-12-10-8-6-4-3-5-7-9-11-13-15-25-19-17-23(2)21-25;;/h16-21H,3-15H2,1-2H3;2*1H/q+2;;/p-2. The molecule has 156 valence electrons. The van der Waals surface area contributed by atoms with Gasteiger partial charge in [-0.3, -0.25) is 0 Å². The zero-order chi connectivity index (χ0) is 17.7. The SMILES string of the molecule is Cn1cc[n+](CCCCCCCCCCCCC[n+]2ccn(C)c2)c1.[I-].[I-]. The first-order valence-electron chi connectivity index (χ1n) is 10.3. The number of halogens is 2. The van der Waals surface area contributed by atoms with Crippen LogP contribution in [0.2, 0.25) is 0 Å². The second-order valence-electron chi connectivity index (χ2n) is 7.52. The molecular formula is C21H38I2N4. The van der Waals surface area contributed by atoms with E-state index in [0.29, 0.717) is 0 Å². The fourth-order valence-electron chi connectivity index (χ4n) is 3.45. The normalized spacial score (nSPS) is 10.4. The monoisotopic (exact) mass is 600 g/mol. The summed E-state index contributed by atoms with van der Waals surface area (Å²) in [5, 5.41) is 0. The smallest absolute Gasteiger partial charge is 0.243 e. The summed E-state index contributed by atoms with van der Waals surface area (Å²) in [6, 6.07) is 0. The van der Waals surface area contributed by atoms with E-state index in [-0.39, 0.29) is 48.0 Å². The van der Waals surface area contributed by atoms with Crippen molar-refractivity contribution in [2.75, 3.05) is 0 Å². The molecule has 4 nitrogen and oxygen atoms in total. The topological polar surface area (TPSA) is 17.6 Å². The van der Waals surface area contributed by atoms with Crippen LogP contribution in [0.3, 0.4) is 0 Å². The van der Waals surface area contributed by atoms with E-state index in [1.54, 1.807) is 0 Å². The molecule has 0 atom stereocenters. The number of nitrogens with zero attached hydrogens (tertiary/aromatic N) is 4. The number of unbranched alkanes of at least 4 members (excludes halogenated alkanes) is 10. The number of rotatable bonds is 14. The van der Waals surface area contributed by atoms with Gasteiger partial charge in [-0.25, -0.2) is 18.3 Å². The minimum atomic E-state index is 0. The molecule has 0 aliphatic rings. The van der Waals surface area contributed by atoms with Gasteiger partial charge in [0.25, 0.3) is 0 Å². The Morgan fingerprint density at radius 2 is 0.815 bits per heavy atom. The summed E-state index contributed by atoms with van der Waals surface area (Å²) in [5.74, 6) is 0. The summed E-state index contributed by atoms with van der Waals surface area (Å²) < 4.78 is 8.80. The first kappa shape index (κ1) is 26.9. The van der Waals surface area contributed by atoms with Gasteiger partial charge < -0.3 is 48.0 Å². The summed E-state index contributed by atoms with van der Waals surface area (Å²) in [6.07, 6.45) is 28.2. The molecule has 0 aliphatic heterocycles. The third-order valence-electron chi connectivity index (χ3n) is 4.98. The third kappa shape index (κ3) is 12.9. The Morgan fingerprint density at radius 3 is 1.07 bits per heavy atom. The van der Waals surface area contributed by atoms with Crippen LogP contribution < -0.4 is 57.1 Å². The van der Waals surface area contributed by atoms with Crippen LogP contribution in [-0.2, 0) is 27.2 Å². The number of aromatic nitrogens is 4. The van der Waals surface area contributed by atoms with E-state index in [1.807, 2.05) is 0 Å². The average Bonchev–Trinajstić information content (AvgIpc) is 3.20. The Labute approximate surface area is 200 Å². The molecule has 0 unspecified atom stereocenters. The first-order chi connectivity index (χ1) is 12.2. The van der Waals surface area contributed by atoms with E-state index >= 15 is 0 Å². The van der Waals surface area contributed by atoms with E-state index in [4.69, 9.17) is 0 Å². The van der Waals surface area contributed by atoms with Crippen LogP contribution in [-0.4, -0.2) is 9.13 Å². The van der Waals surface area contributed by atoms with Gasteiger partial charge in [0.2, 0.25) is 12.7 Å². The molecule has 0 saturated heterocycles. The van der Waals surface area contributed by atoms with Gasteiger partial charge in [0.05, 0.1) is 27.2 Å². The molecule has 27 heavy (non-hydrogen) atoms. The molecule has 2 rings (SSSR count). The predicted molar refractivity (Wildman–Crippen MR) is 102 cm³/mol. The van der Waals surface area contributed by atoms with Gasteiger partial charge in [-0.15, -0.1) is 0 Å². The summed E-state index contributed by atoms with van der Waals surface area (Å²) in [7, 11) is 4.16. The van der Waals surface area contributed by atoms with Gasteiger partial charge >= 0.3 is 0 Å². The van der Waals surface area contributed by atoms with Crippen LogP contribution in [0, 0.1) is 0 Å². The van der Waals surface area contributed by atoms with E-state index < -0.39 is 0 Å². The van der Waals surface area contributed by atoms with Gasteiger partial charge in [-0.1, -0.05) is 44.9 Å². The predicted octanol–water partition coefficient (Wildman–Crippen LogP) is -2.06. The maximum Gasteiger partial charge on any atom is 0.243 e. The van der Waals surface area contributed by atoms with Gasteiger partial charge in [0, 0.05) is 0 Å². The highest BCUT2D eigenvalue weighted by molar-refractivity contribution is 4.62. The van der Waals surface area contributed by atoms with E-state index in [0.717, 1.165) is 0 Å². The lowest BCUT2D eigenvalue weighted by Gasteiger charge is -2.02.